The molecule has 0 aliphatic carbocycles. The van der Waals surface area contributed by atoms with E-state index in [0.717, 1.165) is 31.2 Å². The van der Waals surface area contributed by atoms with Crippen LogP contribution in [-0.4, -0.2) is 52.2 Å². The predicted molar refractivity (Wildman–Crippen MR) is 98.5 cm³/mol. The second-order valence-corrected chi connectivity index (χ2v) is 7.56. The van der Waals surface area contributed by atoms with Gasteiger partial charge < -0.3 is 9.42 Å². The molecular formula is C19H25ClN4O. The molecule has 2 saturated heterocycles. The van der Waals surface area contributed by atoms with E-state index in [-0.39, 0.29) is 0 Å². The lowest BCUT2D eigenvalue weighted by Gasteiger charge is -2.39. The average Bonchev–Trinajstić information content (AvgIpc) is 3.12. The summed E-state index contributed by atoms with van der Waals surface area (Å²) in [6.45, 7) is 5.53. The number of aromatic nitrogens is 2. The molecule has 1 aromatic heterocycles. The Morgan fingerprint density at radius 2 is 1.88 bits per heavy atom. The SMILES string of the molecule is Clc1cccc(-c2noc(CN3CCC(N4CCCCC4)CC3)n2)c1. The summed E-state index contributed by atoms with van der Waals surface area (Å²) in [7, 11) is 0. The Kier molecular flexibility index (Phi) is 5.34. The van der Waals surface area contributed by atoms with Gasteiger partial charge in [-0.05, 0) is 50.9 Å². The molecule has 1 aromatic carbocycles. The number of benzene rings is 1. The highest BCUT2D eigenvalue weighted by molar-refractivity contribution is 6.30. The van der Waals surface area contributed by atoms with Crippen molar-refractivity contribution in [2.45, 2.75) is 44.7 Å². The van der Waals surface area contributed by atoms with Crippen LogP contribution < -0.4 is 0 Å². The van der Waals surface area contributed by atoms with Gasteiger partial charge in [0.25, 0.3) is 0 Å². The summed E-state index contributed by atoms with van der Waals surface area (Å²) in [5.74, 6) is 1.30. The van der Waals surface area contributed by atoms with Crippen molar-refractivity contribution in [1.82, 2.24) is 19.9 Å². The minimum absolute atomic E-state index is 0.612. The molecule has 0 saturated carbocycles. The standard InChI is InChI=1S/C19H25ClN4O/c20-16-6-4-5-15(13-16)19-21-18(25-22-19)14-23-11-7-17(8-12-23)24-9-2-1-3-10-24/h4-6,13,17H,1-3,7-12,14H2. The Labute approximate surface area is 153 Å². The van der Waals surface area contributed by atoms with Crippen LogP contribution in [-0.2, 0) is 6.54 Å². The van der Waals surface area contributed by atoms with Gasteiger partial charge in [0.2, 0.25) is 11.7 Å². The molecule has 0 N–H and O–H groups in total. The van der Waals surface area contributed by atoms with Gasteiger partial charge in [0.15, 0.2) is 0 Å². The number of rotatable bonds is 4. The normalized spacial score (nSPS) is 20.8. The second-order valence-electron chi connectivity index (χ2n) is 7.13. The lowest BCUT2D eigenvalue weighted by molar-refractivity contribution is 0.0847. The molecule has 0 radical (unpaired) electrons. The lowest BCUT2D eigenvalue weighted by atomic mass is 10.00. The molecular weight excluding hydrogens is 336 g/mol. The molecule has 5 nitrogen and oxygen atoms in total. The maximum atomic E-state index is 6.04. The van der Waals surface area contributed by atoms with Crippen molar-refractivity contribution in [1.29, 1.82) is 0 Å². The quantitative estimate of drug-likeness (QED) is 0.828. The van der Waals surface area contributed by atoms with Gasteiger partial charge in [-0.1, -0.05) is 35.3 Å². The summed E-state index contributed by atoms with van der Waals surface area (Å²) in [6, 6.07) is 8.32. The molecule has 25 heavy (non-hydrogen) atoms. The largest absolute Gasteiger partial charge is 0.338 e. The molecule has 0 bridgehead atoms. The van der Waals surface area contributed by atoms with E-state index in [0.29, 0.717) is 16.7 Å². The van der Waals surface area contributed by atoms with Crippen molar-refractivity contribution >= 4 is 11.6 Å². The Bertz CT molecular complexity index is 690. The third-order valence-corrected chi connectivity index (χ3v) is 5.61. The zero-order chi connectivity index (χ0) is 17.1. The second kappa shape index (κ2) is 7.85. The van der Waals surface area contributed by atoms with Crippen molar-refractivity contribution in [3.8, 4) is 11.4 Å². The van der Waals surface area contributed by atoms with Crippen molar-refractivity contribution in [3.05, 3.63) is 35.2 Å². The monoisotopic (exact) mass is 360 g/mol. The minimum atomic E-state index is 0.612. The first kappa shape index (κ1) is 17.0. The molecule has 0 spiro atoms. The molecule has 2 aromatic rings. The van der Waals surface area contributed by atoms with Gasteiger partial charge in [-0.25, -0.2) is 0 Å². The summed E-state index contributed by atoms with van der Waals surface area (Å²) >= 11 is 6.04. The smallest absolute Gasteiger partial charge is 0.241 e. The van der Waals surface area contributed by atoms with Gasteiger partial charge in [0.05, 0.1) is 6.54 Å². The molecule has 0 unspecified atom stereocenters. The molecule has 0 atom stereocenters. The van der Waals surface area contributed by atoms with Crippen LogP contribution in [0.4, 0.5) is 0 Å². The Hall–Kier alpha value is -1.43. The molecule has 2 fully saturated rings. The van der Waals surface area contributed by atoms with Gasteiger partial charge >= 0.3 is 0 Å². The molecule has 2 aliphatic heterocycles. The van der Waals surface area contributed by atoms with E-state index in [1.54, 1.807) is 0 Å². The number of hydrogen-bond donors (Lipinski definition) is 0. The summed E-state index contributed by atoms with van der Waals surface area (Å²) in [6.07, 6.45) is 6.63. The lowest BCUT2D eigenvalue weighted by Crippen LogP contribution is -2.46. The van der Waals surface area contributed by atoms with E-state index < -0.39 is 0 Å². The van der Waals surface area contributed by atoms with Gasteiger partial charge in [0, 0.05) is 29.7 Å². The van der Waals surface area contributed by atoms with Crippen LogP contribution in [0.2, 0.25) is 5.02 Å². The van der Waals surface area contributed by atoms with Crippen LogP contribution in [0.1, 0.15) is 38.0 Å². The highest BCUT2D eigenvalue weighted by Crippen LogP contribution is 2.23. The summed E-state index contributed by atoms with van der Waals surface area (Å²) in [5.41, 5.74) is 0.895. The highest BCUT2D eigenvalue weighted by Gasteiger charge is 2.26. The Balaban J connectivity index is 1.31. The molecule has 134 valence electrons. The van der Waals surface area contributed by atoms with Crippen LogP contribution in [0.15, 0.2) is 28.8 Å². The Morgan fingerprint density at radius 3 is 2.64 bits per heavy atom. The van der Waals surface area contributed by atoms with Crippen molar-refractivity contribution in [2.24, 2.45) is 0 Å². The summed E-state index contributed by atoms with van der Waals surface area (Å²) in [4.78, 5) is 9.66. The van der Waals surface area contributed by atoms with Gasteiger partial charge in [-0.2, -0.15) is 4.98 Å². The molecule has 2 aliphatic rings. The molecule has 0 amide bonds. The van der Waals surface area contributed by atoms with Crippen LogP contribution >= 0.6 is 11.6 Å². The predicted octanol–water partition coefficient (Wildman–Crippen LogP) is 3.84. The van der Waals surface area contributed by atoms with E-state index in [2.05, 4.69) is 19.9 Å². The zero-order valence-electron chi connectivity index (χ0n) is 14.5. The fourth-order valence-electron chi connectivity index (χ4n) is 3.98. The van der Waals surface area contributed by atoms with E-state index in [9.17, 15) is 0 Å². The van der Waals surface area contributed by atoms with Crippen LogP contribution in [0, 0.1) is 0 Å². The van der Waals surface area contributed by atoms with Gasteiger partial charge in [-0.3, -0.25) is 4.90 Å². The maximum Gasteiger partial charge on any atom is 0.241 e. The maximum absolute atomic E-state index is 6.04. The first-order chi connectivity index (χ1) is 12.3. The molecule has 4 rings (SSSR count). The van der Waals surface area contributed by atoms with E-state index in [1.807, 2.05) is 24.3 Å². The third kappa shape index (κ3) is 4.22. The van der Waals surface area contributed by atoms with Crippen LogP contribution in [0.5, 0.6) is 0 Å². The van der Waals surface area contributed by atoms with Gasteiger partial charge in [0.1, 0.15) is 0 Å². The average molecular weight is 361 g/mol. The fraction of sp³-hybridized carbons (Fsp3) is 0.579. The van der Waals surface area contributed by atoms with Gasteiger partial charge in [-0.15, -0.1) is 0 Å². The first-order valence-electron chi connectivity index (χ1n) is 9.33. The van der Waals surface area contributed by atoms with Crippen molar-refractivity contribution < 1.29 is 4.52 Å². The number of likely N-dealkylation sites (tertiary alicyclic amines) is 2. The number of piperidine rings is 2. The highest BCUT2D eigenvalue weighted by atomic mass is 35.5. The summed E-state index contributed by atoms with van der Waals surface area (Å²) in [5, 5.41) is 4.79. The zero-order valence-corrected chi connectivity index (χ0v) is 15.3. The van der Waals surface area contributed by atoms with E-state index in [4.69, 9.17) is 16.1 Å². The van der Waals surface area contributed by atoms with Crippen molar-refractivity contribution in [3.63, 3.8) is 0 Å². The fourth-order valence-corrected chi connectivity index (χ4v) is 4.17. The third-order valence-electron chi connectivity index (χ3n) is 5.37. The van der Waals surface area contributed by atoms with Crippen LogP contribution in [0.3, 0.4) is 0 Å². The molecule has 6 heteroatoms. The number of halogens is 1. The minimum Gasteiger partial charge on any atom is -0.338 e. The Morgan fingerprint density at radius 1 is 1.08 bits per heavy atom. The van der Waals surface area contributed by atoms with E-state index in [1.165, 1.54) is 45.2 Å². The summed E-state index contributed by atoms with van der Waals surface area (Å²) < 4.78 is 5.45. The van der Waals surface area contributed by atoms with Crippen molar-refractivity contribution in [2.75, 3.05) is 26.2 Å². The topological polar surface area (TPSA) is 45.4 Å². The van der Waals surface area contributed by atoms with Crippen LogP contribution in [0.25, 0.3) is 11.4 Å². The van der Waals surface area contributed by atoms with E-state index >= 15 is 0 Å². The molecule has 3 heterocycles. The number of hydrogen-bond acceptors (Lipinski definition) is 5. The first-order valence-corrected chi connectivity index (χ1v) is 9.71. The number of nitrogens with zero attached hydrogens (tertiary/aromatic N) is 4.